The lowest BCUT2D eigenvalue weighted by Crippen LogP contribution is -2.52. The largest absolute Gasteiger partial charge is 0.489 e. The van der Waals surface area contributed by atoms with Crippen molar-refractivity contribution in [1.29, 1.82) is 0 Å². The van der Waals surface area contributed by atoms with Gasteiger partial charge < -0.3 is 9.30 Å². The number of thiocarbonyl (C=S) groups is 1. The molecule has 0 spiro atoms. The van der Waals surface area contributed by atoms with Crippen molar-refractivity contribution < 1.29 is 14.3 Å². The molecule has 1 aliphatic rings. The number of amides is 2. The summed E-state index contributed by atoms with van der Waals surface area (Å²) >= 11 is 8.44. The van der Waals surface area contributed by atoms with Crippen LogP contribution < -0.4 is 10.1 Å². The zero-order valence-electron chi connectivity index (χ0n) is 18.4. The zero-order valence-corrected chi connectivity index (χ0v) is 20.8. The smallest absolute Gasteiger partial charge is 0.265 e. The van der Waals surface area contributed by atoms with Crippen LogP contribution in [0, 0.1) is 13.8 Å². The number of halogens is 1. The minimum atomic E-state index is -0.486. The summed E-state index contributed by atoms with van der Waals surface area (Å²) in [5, 5.41) is 2.65. The number of nitrogens with zero attached hydrogens (tertiary/aromatic N) is 2. The van der Waals surface area contributed by atoms with Gasteiger partial charge in [0, 0.05) is 28.6 Å². The number of carbonyl (C=O) groups is 2. The highest BCUT2D eigenvalue weighted by Gasteiger charge is 2.31. The minimum Gasteiger partial charge on any atom is -0.489 e. The summed E-state index contributed by atoms with van der Waals surface area (Å²) in [4.78, 5) is 26.1. The van der Waals surface area contributed by atoms with Gasteiger partial charge in [-0.2, -0.15) is 0 Å². The van der Waals surface area contributed by atoms with Crippen molar-refractivity contribution in [2.24, 2.45) is 0 Å². The standard InChI is InChI=1S/C25H22BrN3O3S/c1-15-12-18(13-22-23(30)27-25(33)28(3)24(22)31)16(2)29(15)20-8-10-21(11-9-20)32-14-17-4-6-19(26)7-5-17/h4-13H,14H2,1-3H3,(H,27,30,33). The van der Waals surface area contributed by atoms with E-state index in [4.69, 9.17) is 17.0 Å². The molecule has 168 valence electrons. The van der Waals surface area contributed by atoms with Crippen LogP contribution in [-0.4, -0.2) is 33.4 Å². The normalized spacial score (nSPS) is 15.2. The molecule has 0 atom stereocenters. The van der Waals surface area contributed by atoms with Crippen molar-refractivity contribution in [3.63, 3.8) is 0 Å². The van der Waals surface area contributed by atoms with E-state index in [2.05, 4.69) is 25.8 Å². The molecule has 1 fully saturated rings. The van der Waals surface area contributed by atoms with Gasteiger partial charge in [-0.15, -0.1) is 0 Å². The molecular weight excluding hydrogens is 502 g/mol. The molecule has 6 nitrogen and oxygen atoms in total. The molecule has 33 heavy (non-hydrogen) atoms. The molecule has 8 heteroatoms. The van der Waals surface area contributed by atoms with Crippen LogP contribution in [0.2, 0.25) is 0 Å². The molecule has 4 rings (SSSR count). The highest BCUT2D eigenvalue weighted by molar-refractivity contribution is 9.10. The van der Waals surface area contributed by atoms with Crippen molar-refractivity contribution >= 4 is 51.2 Å². The number of aryl methyl sites for hydroxylation is 1. The highest BCUT2D eigenvalue weighted by atomic mass is 79.9. The number of likely N-dealkylation sites (N-methyl/N-ethyl adjacent to an activating group) is 1. The van der Waals surface area contributed by atoms with Gasteiger partial charge in [-0.3, -0.25) is 19.8 Å². The Balaban J connectivity index is 1.55. The van der Waals surface area contributed by atoms with Crippen molar-refractivity contribution in [1.82, 2.24) is 14.8 Å². The third kappa shape index (κ3) is 4.77. The van der Waals surface area contributed by atoms with Gasteiger partial charge in [0.1, 0.15) is 17.9 Å². The van der Waals surface area contributed by atoms with Crippen LogP contribution in [0.5, 0.6) is 5.75 Å². The molecule has 2 amide bonds. The fourth-order valence-electron chi connectivity index (χ4n) is 3.67. The molecule has 0 bridgehead atoms. The van der Waals surface area contributed by atoms with E-state index >= 15 is 0 Å². The Hall–Kier alpha value is -3.23. The van der Waals surface area contributed by atoms with Gasteiger partial charge in [-0.1, -0.05) is 28.1 Å². The summed E-state index contributed by atoms with van der Waals surface area (Å²) in [7, 11) is 1.54. The Morgan fingerprint density at radius 1 is 1.06 bits per heavy atom. The molecule has 2 aromatic carbocycles. The molecule has 2 heterocycles. The van der Waals surface area contributed by atoms with Crippen molar-refractivity contribution in [3.05, 3.63) is 87.2 Å². The summed E-state index contributed by atoms with van der Waals surface area (Å²) in [6.45, 7) is 4.42. The van der Waals surface area contributed by atoms with E-state index in [0.29, 0.717) is 6.61 Å². The SMILES string of the molecule is Cc1cc(C=C2C(=O)NC(=S)N(C)C2=O)c(C)n1-c1ccc(OCc2ccc(Br)cc2)cc1. The topological polar surface area (TPSA) is 63.6 Å². The molecule has 1 N–H and O–H groups in total. The molecule has 0 saturated carbocycles. The summed E-state index contributed by atoms with van der Waals surface area (Å²) in [5.74, 6) is -0.129. The monoisotopic (exact) mass is 523 g/mol. The van der Waals surface area contributed by atoms with Gasteiger partial charge in [0.2, 0.25) is 0 Å². The third-order valence-electron chi connectivity index (χ3n) is 5.49. The van der Waals surface area contributed by atoms with E-state index in [1.807, 2.05) is 68.4 Å². The van der Waals surface area contributed by atoms with Crippen LogP contribution in [0.4, 0.5) is 0 Å². The Labute approximate surface area is 206 Å². The summed E-state index contributed by atoms with van der Waals surface area (Å²) in [5.41, 5.74) is 4.80. The lowest BCUT2D eigenvalue weighted by molar-refractivity contribution is -0.128. The van der Waals surface area contributed by atoms with E-state index in [0.717, 1.165) is 38.4 Å². The average molecular weight is 524 g/mol. The molecule has 0 unspecified atom stereocenters. The van der Waals surface area contributed by atoms with E-state index < -0.39 is 11.8 Å². The van der Waals surface area contributed by atoms with E-state index in [1.54, 1.807) is 13.1 Å². The second-order valence-electron chi connectivity index (χ2n) is 7.75. The van der Waals surface area contributed by atoms with Crippen molar-refractivity contribution in [2.75, 3.05) is 7.05 Å². The Kier molecular flexibility index (Phi) is 6.49. The number of ether oxygens (including phenoxy) is 1. The fraction of sp³-hybridized carbons (Fsp3) is 0.160. The van der Waals surface area contributed by atoms with Crippen molar-refractivity contribution in [2.45, 2.75) is 20.5 Å². The Morgan fingerprint density at radius 3 is 2.39 bits per heavy atom. The highest BCUT2D eigenvalue weighted by Crippen LogP contribution is 2.25. The first-order valence-corrected chi connectivity index (χ1v) is 11.5. The maximum atomic E-state index is 12.5. The first-order valence-electron chi connectivity index (χ1n) is 10.3. The maximum absolute atomic E-state index is 12.5. The predicted octanol–water partition coefficient (Wildman–Crippen LogP) is 4.69. The van der Waals surface area contributed by atoms with Gasteiger partial charge in [0.05, 0.1) is 0 Å². The summed E-state index contributed by atoms with van der Waals surface area (Å²) < 4.78 is 9.01. The molecule has 1 aliphatic heterocycles. The van der Waals surface area contributed by atoms with Gasteiger partial charge in [-0.25, -0.2) is 0 Å². The average Bonchev–Trinajstić information content (AvgIpc) is 3.08. The van der Waals surface area contributed by atoms with E-state index in [9.17, 15) is 9.59 Å². The second-order valence-corrected chi connectivity index (χ2v) is 9.05. The number of benzene rings is 2. The maximum Gasteiger partial charge on any atom is 0.265 e. The Morgan fingerprint density at radius 2 is 1.73 bits per heavy atom. The van der Waals surface area contributed by atoms with Gasteiger partial charge in [0.15, 0.2) is 5.11 Å². The summed E-state index contributed by atoms with van der Waals surface area (Å²) in [6, 6.07) is 17.8. The van der Waals surface area contributed by atoms with Crippen molar-refractivity contribution in [3.8, 4) is 11.4 Å². The number of hydrogen-bond donors (Lipinski definition) is 1. The first-order chi connectivity index (χ1) is 15.7. The molecule has 0 aliphatic carbocycles. The molecule has 1 saturated heterocycles. The molecule has 1 aromatic heterocycles. The van der Waals surface area contributed by atoms with Gasteiger partial charge in [-0.05, 0) is 85.7 Å². The molecular formula is C25H22BrN3O3S. The van der Waals surface area contributed by atoms with E-state index in [-0.39, 0.29) is 10.7 Å². The number of carbonyl (C=O) groups excluding carboxylic acids is 2. The lowest BCUT2D eigenvalue weighted by atomic mass is 10.1. The third-order valence-corrected chi connectivity index (χ3v) is 6.39. The Bertz CT molecular complexity index is 1280. The van der Waals surface area contributed by atoms with Crippen LogP contribution >= 0.6 is 28.1 Å². The van der Waals surface area contributed by atoms with Crippen LogP contribution in [0.3, 0.4) is 0 Å². The first kappa shape index (κ1) is 22.9. The number of hydrogen-bond acceptors (Lipinski definition) is 4. The van der Waals surface area contributed by atoms with E-state index in [1.165, 1.54) is 4.90 Å². The number of rotatable bonds is 5. The van der Waals surface area contributed by atoms with Crippen LogP contribution in [0.1, 0.15) is 22.5 Å². The quantitative estimate of drug-likeness (QED) is 0.299. The lowest BCUT2D eigenvalue weighted by Gasteiger charge is -2.25. The summed E-state index contributed by atoms with van der Waals surface area (Å²) in [6.07, 6.45) is 1.62. The fourth-order valence-corrected chi connectivity index (χ4v) is 4.11. The van der Waals surface area contributed by atoms with Crippen LogP contribution in [-0.2, 0) is 16.2 Å². The molecule has 0 radical (unpaired) electrons. The number of aromatic nitrogens is 1. The zero-order chi connectivity index (χ0) is 23.7. The van der Waals surface area contributed by atoms with Gasteiger partial charge >= 0.3 is 0 Å². The second kappa shape index (κ2) is 9.33. The predicted molar refractivity (Wildman–Crippen MR) is 135 cm³/mol. The molecule has 3 aromatic rings. The van der Waals surface area contributed by atoms with Crippen LogP contribution in [0.25, 0.3) is 11.8 Å². The van der Waals surface area contributed by atoms with Gasteiger partial charge in [0.25, 0.3) is 11.8 Å². The minimum absolute atomic E-state index is 0.0584. The van der Waals surface area contributed by atoms with Crippen LogP contribution in [0.15, 0.2) is 64.6 Å². The number of nitrogens with one attached hydrogen (secondary N) is 1.